The number of hydrogen-bond acceptors (Lipinski definition) is 4. The quantitative estimate of drug-likeness (QED) is 0.885. The fraction of sp³-hybridized carbons (Fsp3) is 0.308. The van der Waals surface area contributed by atoms with Gasteiger partial charge >= 0.3 is 0 Å². The van der Waals surface area contributed by atoms with E-state index in [-0.39, 0.29) is 10.7 Å². The third-order valence-corrected chi connectivity index (χ3v) is 5.40. The molecule has 1 aromatic carbocycles. The molecule has 1 aliphatic heterocycles. The van der Waals surface area contributed by atoms with Crippen molar-refractivity contribution in [2.45, 2.75) is 17.9 Å². The first-order valence-electron chi connectivity index (χ1n) is 6.34. The normalized spacial score (nSPS) is 16.1. The lowest BCUT2D eigenvalue weighted by Crippen LogP contribution is -2.36. The van der Waals surface area contributed by atoms with Crippen LogP contribution in [0.25, 0.3) is 0 Å². The third-order valence-electron chi connectivity index (χ3n) is 3.54. The van der Waals surface area contributed by atoms with Crippen LogP contribution >= 0.6 is 0 Å². The fourth-order valence-corrected chi connectivity index (χ4v) is 4.01. The maximum Gasteiger partial charge on any atom is 0.248 e. The molecule has 0 unspecified atom stereocenters. The number of hydrogen-bond donors (Lipinski definition) is 1. The van der Waals surface area contributed by atoms with E-state index in [1.807, 2.05) is 24.3 Å². The Morgan fingerprint density at radius 1 is 1.25 bits per heavy atom. The molecule has 2 aromatic rings. The third kappa shape index (κ3) is 2.08. The highest BCUT2D eigenvalue weighted by molar-refractivity contribution is 7.89. The molecule has 0 bridgehead atoms. The Hall–Kier alpha value is -1.86. The first-order chi connectivity index (χ1) is 9.48. The van der Waals surface area contributed by atoms with E-state index in [4.69, 9.17) is 5.73 Å². The largest absolute Gasteiger partial charge is 0.381 e. The van der Waals surface area contributed by atoms with Gasteiger partial charge in [-0.2, -0.15) is 9.40 Å². The van der Waals surface area contributed by atoms with E-state index in [0.29, 0.717) is 13.1 Å². The van der Waals surface area contributed by atoms with Crippen LogP contribution in [0.15, 0.2) is 35.4 Å². The van der Waals surface area contributed by atoms with Crippen molar-refractivity contribution < 1.29 is 8.42 Å². The van der Waals surface area contributed by atoms with Crippen LogP contribution in [-0.2, 0) is 30.0 Å². The van der Waals surface area contributed by atoms with Gasteiger partial charge in [0.1, 0.15) is 4.90 Å². The lowest BCUT2D eigenvalue weighted by atomic mass is 10.0. The van der Waals surface area contributed by atoms with Crippen LogP contribution in [-0.4, -0.2) is 29.0 Å². The van der Waals surface area contributed by atoms with Crippen molar-refractivity contribution in [1.82, 2.24) is 14.1 Å². The van der Waals surface area contributed by atoms with Gasteiger partial charge in [0.25, 0.3) is 0 Å². The van der Waals surface area contributed by atoms with Crippen molar-refractivity contribution in [3.05, 3.63) is 41.6 Å². The number of aryl methyl sites for hydroxylation is 1. The number of sulfonamides is 1. The zero-order valence-corrected chi connectivity index (χ0v) is 12.0. The molecule has 6 nitrogen and oxygen atoms in total. The van der Waals surface area contributed by atoms with Crippen molar-refractivity contribution in [2.75, 3.05) is 12.3 Å². The van der Waals surface area contributed by atoms with Gasteiger partial charge in [0.15, 0.2) is 5.82 Å². The average Bonchev–Trinajstić information content (AvgIpc) is 2.78. The number of fused-ring (bicyclic) bond motifs is 1. The lowest BCUT2D eigenvalue weighted by Gasteiger charge is -2.27. The van der Waals surface area contributed by atoms with Crippen LogP contribution in [0.3, 0.4) is 0 Å². The molecule has 0 radical (unpaired) electrons. The van der Waals surface area contributed by atoms with Gasteiger partial charge in [-0.15, -0.1) is 0 Å². The molecule has 1 aromatic heterocycles. The number of anilines is 1. The van der Waals surface area contributed by atoms with E-state index >= 15 is 0 Å². The highest BCUT2D eigenvalue weighted by Gasteiger charge is 2.31. The zero-order valence-electron chi connectivity index (χ0n) is 11.2. The monoisotopic (exact) mass is 292 g/mol. The molecule has 3 rings (SSSR count). The van der Waals surface area contributed by atoms with Gasteiger partial charge in [0, 0.05) is 26.3 Å². The summed E-state index contributed by atoms with van der Waals surface area (Å²) in [5, 5.41) is 3.91. The van der Waals surface area contributed by atoms with Gasteiger partial charge in [-0.1, -0.05) is 24.3 Å². The van der Waals surface area contributed by atoms with E-state index < -0.39 is 10.0 Å². The highest BCUT2D eigenvalue weighted by Crippen LogP contribution is 2.26. The minimum absolute atomic E-state index is 0.0476. The molecule has 0 amide bonds. The summed E-state index contributed by atoms with van der Waals surface area (Å²) in [4.78, 5) is 0.0828. The number of aromatic nitrogens is 2. The van der Waals surface area contributed by atoms with Crippen LogP contribution in [0.5, 0.6) is 0 Å². The van der Waals surface area contributed by atoms with Gasteiger partial charge in [0.05, 0.1) is 0 Å². The van der Waals surface area contributed by atoms with Crippen LogP contribution < -0.4 is 5.73 Å². The SMILES string of the molecule is Cn1cc(S(=O)(=O)N2CCc3ccccc3C2)c(N)n1. The van der Waals surface area contributed by atoms with Crippen molar-refractivity contribution >= 4 is 15.8 Å². The topological polar surface area (TPSA) is 81.2 Å². The lowest BCUT2D eigenvalue weighted by molar-refractivity contribution is 0.391. The Balaban J connectivity index is 1.96. The summed E-state index contributed by atoms with van der Waals surface area (Å²) < 4.78 is 28.1. The molecule has 0 aliphatic carbocycles. The van der Waals surface area contributed by atoms with Crippen molar-refractivity contribution in [3.8, 4) is 0 Å². The van der Waals surface area contributed by atoms with E-state index in [9.17, 15) is 8.42 Å². The van der Waals surface area contributed by atoms with Crippen LogP contribution in [0.2, 0.25) is 0 Å². The van der Waals surface area contributed by atoms with Gasteiger partial charge < -0.3 is 5.73 Å². The molecule has 1 aliphatic rings. The number of nitrogens with zero attached hydrogens (tertiary/aromatic N) is 3. The first kappa shape index (κ1) is 13.1. The van der Waals surface area contributed by atoms with Crippen LogP contribution in [0.4, 0.5) is 5.82 Å². The Morgan fingerprint density at radius 2 is 1.95 bits per heavy atom. The number of benzene rings is 1. The van der Waals surface area contributed by atoms with Crippen molar-refractivity contribution in [3.63, 3.8) is 0 Å². The smallest absolute Gasteiger partial charge is 0.248 e. The molecule has 0 atom stereocenters. The predicted molar refractivity (Wildman–Crippen MR) is 75.4 cm³/mol. The van der Waals surface area contributed by atoms with E-state index in [1.54, 1.807) is 7.05 Å². The molecule has 2 N–H and O–H groups in total. The van der Waals surface area contributed by atoms with E-state index in [0.717, 1.165) is 12.0 Å². The summed E-state index contributed by atoms with van der Waals surface area (Å²) in [6.45, 7) is 0.848. The molecule has 0 saturated heterocycles. The summed E-state index contributed by atoms with van der Waals surface area (Å²) in [6, 6.07) is 7.90. The van der Waals surface area contributed by atoms with Crippen LogP contribution in [0.1, 0.15) is 11.1 Å². The number of rotatable bonds is 2. The molecular formula is C13H16N4O2S. The number of nitrogens with two attached hydrogens (primary N) is 1. The van der Waals surface area contributed by atoms with Gasteiger partial charge in [0.2, 0.25) is 10.0 Å². The van der Waals surface area contributed by atoms with Crippen molar-refractivity contribution in [1.29, 1.82) is 0 Å². The summed E-state index contributed by atoms with van der Waals surface area (Å²) in [5.74, 6) is 0.0476. The maximum atomic E-state index is 12.6. The molecule has 7 heteroatoms. The average molecular weight is 292 g/mol. The Kier molecular flexibility index (Phi) is 3.02. The van der Waals surface area contributed by atoms with Gasteiger partial charge in [-0.25, -0.2) is 8.42 Å². The summed E-state index contributed by atoms with van der Waals surface area (Å²) in [6.07, 6.45) is 2.17. The molecule has 20 heavy (non-hydrogen) atoms. The second kappa shape index (κ2) is 4.60. The van der Waals surface area contributed by atoms with Gasteiger partial charge in [-0.05, 0) is 17.5 Å². The second-order valence-corrected chi connectivity index (χ2v) is 6.82. The number of nitrogen functional groups attached to an aromatic ring is 1. The minimum atomic E-state index is -3.59. The van der Waals surface area contributed by atoms with Gasteiger partial charge in [-0.3, -0.25) is 4.68 Å². The summed E-state index contributed by atoms with van der Waals surface area (Å²) in [7, 11) is -1.94. The Bertz CT molecular complexity index is 751. The van der Waals surface area contributed by atoms with Crippen LogP contribution in [0, 0.1) is 0 Å². The van der Waals surface area contributed by atoms with Crippen molar-refractivity contribution in [2.24, 2.45) is 7.05 Å². The fourth-order valence-electron chi connectivity index (χ4n) is 2.50. The predicted octanol–water partition coefficient (Wildman–Crippen LogP) is 0.749. The highest BCUT2D eigenvalue weighted by atomic mass is 32.2. The molecule has 0 spiro atoms. The van der Waals surface area contributed by atoms with E-state index in [1.165, 1.54) is 20.7 Å². The standard InChI is InChI=1S/C13H16N4O2S/c1-16-9-12(13(14)15-16)20(18,19)17-7-6-10-4-2-3-5-11(10)8-17/h2-5,9H,6-8H2,1H3,(H2,14,15). The molecular weight excluding hydrogens is 276 g/mol. The minimum Gasteiger partial charge on any atom is -0.381 e. The molecule has 2 heterocycles. The Labute approximate surface area is 117 Å². The summed E-state index contributed by atoms with van der Waals surface area (Å²) in [5.41, 5.74) is 7.94. The first-order valence-corrected chi connectivity index (χ1v) is 7.78. The molecule has 0 saturated carbocycles. The Morgan fingerprint density at radius 3 is 2.60 bits per heavy atom. The zero-order chi connectivity index (χ0) is 14.3. The summed E-state index contributed by atoms with van der Waals surface area (Å²) >= 11 is 0. The maximum absolute atomic E-state index is 12.6. The van der Waals surface area contributed by atoms with E-state index in [2.05, 4.69) is 5.10 Å². The second-order valence-electron chi connectivity index (χ2n) is 4.91. The molecule has 0 fully saturated rings. The molecule has 106 valence electrons.